The molecule has 0 heterocycles. The van der Waals surface area contributed by atoms with Crippen LogP contribution < -0.4 is 0 Å². The number of ketones is 1. The first-order valence-corrected chi connectivity index (χ1v) is 5.97. The Bertz CT molecular complexity index is 626. The minimum absolute atomic E-state index is 0.138. The number of rotatable bonds is 4. The van der Waals surface area contributed by atoms with Gasteiger partial charge in [0.2, 0.25) is 0 Å². The zero-order valence-electron chi connectivity index (χ0n) is 9.88. The van der Waals surface area contributed by atoms with Crippen LogP contribution in [0.4, 0.5) is 5.69 Å². The summed E-state index contributed by atoms with van der Waals surface area (Å²) in [5.74, 6) is -0.236. The van der Waals surface area contributed by atoms with Crippen LogP contribution in [0, 0.1) is 10.1 Å². The van der Waals surface area contributed by atoms with Crippen LogP contribution in [0.25, 0.3) is 0 Å². The van der Waals surface area contributed by atoms with Gasteiger partial charge in [0.1, 0.15) is 0 Å². The van der Waals surface area contributed by atoms with E-state index in [9.17, 15) is 14.9 Å². The number of carbonyl (C=O) groups excluding carboxylic acids is 1. The Kier molecular flexibility index (Phi) is 3.92. The molecule has 0 unspecified atom stereocenters. The topological polar surface area (TPSA) is 60.2 Å². The molecule has 0 radical (unpaired) electrons. The first-order valence-electron chi connectivity index (χ1n) is 5.59. The van der Waals surface area contributed by atoms with Crippen molar-refractivity contribution in [3.05, 3.63) is 74.8 Å². The van der Waals surface area contributed by atoms with Crippen molar-refractivity contribution in [2.75, 3.05) is 0 Å². The van der Waals surface area contributed by atoms with Gasteiger partial charge in [0.25, 0.3) is 5.69 Å². The molecular formula is C14H10ClNO3. The van der Waals surface area contributed by atoms with Crippen LogP contribution >= 0.6 is 11.6 Å². The fraction of sp³-hybridized carbons (Fsp3) is 0.0714. The molecule has 0 aliphatic heterocycles. The van der Waals surface area contributed by atoms with Crippen LogP contribution in [0.15, 0.2) is 48.5 Å². The summed E-state index contributed by atoms with van der Waals surface area (Å²) in [6, 6.07) is 13.0. The lowest BCUT2D eigenvalue weighted by atomic mass is 10.0. The standard InChI is InChI=1S/C14H10ClNO3/c15-13-7-6-11(16(18)19)9-12(13)14(17)8-10-4-2-1-3-5-10/h1-7,9H,8H2. The molecule has 96 valence electrons. The second-order valence-electron chi connectivity index (χ2n) is 4.01. The van der Waals surface area contributed by atoms with E-state index in [0.717, 1.165) is 5.56 Å². The highest BCUT2D eigenvalue weighted by Gasteiger charge is 2.15. The van der Waals surface area contributed by atoms with E-state index in [0.29, 0.717) is 0 Å². The summed E-state index contributed by atoms with van der Waals surface area (Å²) in [4.78, 5) is 22.3. The lowest BCUT2D eigenvalue weighted by molar-refractivity contribution is -0.384. The number of hydrogen-bond donors (Lipinski definition) is 0. The van der Waals surface area contributed by atoms with Gasteiger partial charge in [-0.3, -0.25) is 14.9 Å². The molecule has 0 fully saturated rings. The van der Waals surface area contributed by atoms with Gasteiger partial charge < -0.3 is 0 Å². The first kappa shape index (κ1) is 13.2. The van der Waals surface area contributed by atoms with Crippen molar-refractivity contribution in [3.8, 4) is 0 Å². The molecule has 2 rings (SSSR count). The fourth-order valence-corrected chi connectivity index (χ4v) is 1.94. The van der Waals surface area contributed by atoms with Crippen LogP contribution in [0.1, 0.15) is 15.9 Å². The van der Waals surface area contributed by atoms with Crippen molar-refractivity contribution in [2.24, 2.45) is 0 Å². The molecule has 19 heavy (non-hydrogen) atoms. The molecule has 0 spiro atoms. The number of benzene rings is 2. The van der Waals surface area contributed by atoms with E-state index in [4.69, 9.17) is 11.6 Å². The van der Waals surface area contributed by atoms with Crippen molar-refractivity contribution >= 4 is 23.1 Å². The summed E-state index contributed by atoms with van der Waals surface area (Å²) in [7, 11) is 0. The third kappa shape index (κ3) is 3.17. The zero-order chi connectivity index (χ0) is 13.8. The molecule has 0 amide bonds. The van der Waals surface area contributed by atoms with E-state index in [1.807, 2.05) is 30.3 Å². The maximum atomic E-state index is 12.1. The fourth-order valence-electron chi connectivity index (χ4n) is 1.72. The molecule has 5 heteroatoms. The van der Waals surface area contributed by atoms with Gasteiger partial charge in [-0.1, -0.05) is 41.9 Å². The van der Waals surface area contributed by atoms with E-state index >= 15 is 0 Å². The smallest absolute Gasteiger partial charge is 0.270 e. The Balaban J connectivity index is 2.28. The van der Waals surface area contributed by atoms with Gasteiger partial charge >= 0.3 is 0 Å². The number of nitrogens with zero attached hydrogens (tertiary/aromatic N) is 1. The van der Waals surface area contributed by atoms with E-state index in [2.05, 4.69) is 0 Å². The Labute approximate surface area is 114 Å². The van der Waals surface area contributed by atoms with E-state index < -0.39 is 4.92 Å². The van der Waals surface area contributed by atoms with Crippen LogP contribution in [-0.2, 0) is 6.42 Å². The predicted molar refractivity (Wildman–Crippen MR) is 72.6 cm³/mol. The lowest BCUT2D eigenvalue weighted by Gasteiger charge is -2.04. The highest BCUT2D eigenvalue weighted by atomic mass is 35.5. The van der Waals surface area contributed by atoms with Crippen molar-refractivity contribution in [3.63, 3.8) is 0 Å². The molecular weight excluding hydrogens is 266 g/mol. The van der Waals surface area contributed by atoms with Crippen molar-refractivity contribution in [2.45, 2.75) is 6.42 Å². The molecule has 2 aromatic carbocycles. The number of carbonyl (C=O) groups is 1. The molecule has 0 N–H and O–H groups in total. The summed E-state index contributed by atoms with van der Waals surface area (Å²) in [6.45, 7) is 0. The van der Waals surface area contributed by atoms with E-state index in [-0.39, 0.29) is 28.5 Å². The van der Waals surface area contributed by atoms with Crippen LogP contribution in [0.5, 0.6) is 0 Å². The summed E-state index contributed by atoms with van der Waals surface area (Å²) in [5, 5.41) is 10.9. The average molecular weight is 276 g/mol. The molecule has 2 aromatic rings. The Morgan fingerprint density at radius 3 is 2.47 bits per heavy atom. The number of Topliss-reactive ketones (excluding diaryl/α,β-unsaturated/α-hetero) is 1. The second-order valence-corrected chi connectivity index (χ2v) is 4.41. The van der Waals surface area contributed by atoms with Gasteiger partial charge in [-0.25, -0.2) is 0 Å². The Hall–Kier alpha value is -2.20. The minimum atomic E-state index is -0.546. The van der Waals surface area contributed by atoms with Crippen LogP contribution in [0.2, 0.25) is 5.02 Å². The molecule has 0 bridgehead atoms. The number of nitro benzene ring substituents is 1. The molecule has 0 saturated carbocycles. The predicted octanol–water partition coefficient (Wildman–Crippen LogP) is 3.67. The largest absolute Gasteiger partial charge is 0.294 e. The summed E-state index contributed by atoms with van der Waals surface area (Å²) in [5.41, 5.74) is 0.885. The molecule has 0 atom stereocenters. The first-order chi connectivity index (χ1) is 9.08. The lowest BCUT2D eigenvalue weighted by Crippen LogP contribution is -2.05. The number of nitro groups is 1. The minimum Gasteiger partial charge on any atom is -0.294 e. The monoisotopic (exact) mass is 275 g/mol. The normalized spacial score (nSPS) is 10.2. The second kappa shape index (κ2) is 5.63. The molecule has 0 aliphatic carbocycles. The molecule has 0 aromatic heterocycles. The van der Waals surface area contributed by atoms with E-state index in [1.165, 1.54) is 18.2 Å². The van der Waals surface area contributed by atoms with Gasteiger partial charge in [-0.05, 0) is 11.6 Å². The van der Waals surface area contributed by atoms with Crippen molar-refractivity contribution in [1.82, 2.24) is 0 Å². The highest BCUT2D eigenvalue weighted by molar-refractivity contribution is 6.34. The van der Waals surface area contributed by atoms with Gasteiger partial charge in [0.15, 0.2) is 5.78 Å². The maximum absolute atomic E-state index is 12.1. The van der Waals surface area contributed by atoms with Crippen molar-refractivity contribution in [1.29, 1.82) is 0 Å². The summed E-state index contributed by atoms with van der Waals surface area (Å²) >= 11 is 5.92. The maximum Gasteiger partial charge on any atom is 0.270 e. The Morgan fingerprint density at radius 1 is 1.16 bits per heavy atom. The number of hydrogen-bond acceptors (Lipinski definition) is 3. The highest BCUT2D eigenvalue weighted by Crippen LogP contribution is 2.23. The Morgan fingerprint density at radius 2 is 1.84 bits per heavy atom. The molecule has 0 saturated heterocycles. The number of non-ortho nitro benzene ring substituents is 1. The SMILES string of the molecule is O=C(Cc1ccccc1)c1cc([N+](=O)[O-])ccc1Cl. The molecule has 0 aliphatic rings. The quantitative estimate of drug-likeness (QED) is 0.486. The average Bonchev–Trinajstić information content (AvgIpc) is 2.40. The van der Waals surface area contributed by atoms with Gasteiger partial charge in [-0.2, -0.15) is 0 Å². The zero-order valence-corrected chi connectivity index (χ0v) is 10.6. The van der Waals surface area contributed by atoms with Crippen molar-refractivity contribution < 1.29 is 9.72 Å². The summed E-state index contributed by atoms with van der Waals surface area (Å²) < 4.78 is 0. The number of halogens is 1. The van der Waals surface area contributed by atoms with E-state index in [1.54, 1.807) is 0 Å². The van der Waals surface area contributed by atoms with Gasteiger partial charge in [-0.15, -0.1) is 0 Å². The van der Waals surface area contributed by atoms with Gasteiger partial charge in [0.05, 0.1) is 9.95 Å². The van der Waals surface area contributed by atoms with Crippen LogP contribution in [0.3, 0.4) is 0 Å². The molecule has 4 nitrogen and oxygen atoms in total. The third-order valence-corrected chi connectivity index (χ3v) is 3.00. The third-order valence-electron chi connectivity index (χ3n) is 2.67. The summed E-state index contributed by atoms with van der Waals surface area (Å²) in [6.07, 6.45) is 0.168. The van der Waals surface area contributed by atoms with Crippen LogP contribution in [-0.4, -0.2) is 10.7 Å². The van der Waals surface area contributed by atoms with Gasteiger partial charge in [0, 0.05) is 24.1 Å².